The third-order valence-corrected chi connectivity index (χ3v) is 5.74. The van der Waals surface area contributed by atoms with Crippen LogP contribution in [0, 0.1) is 0 Å². The van der Waals surface area contributed by atoms with Gasteiger partial charge in [0, 0.05) is 10.8 Å². The van der Waals surface area contributed by atoms with E-state index in [1.165, 1.54) is 38.5 Å². The van der Waals surface area contributed by atoms with Crippen LogP contribution in [0.5, 0.6) is 11.5 Å². The van der Waals surface area contributed by atoms with Gasteiger partial charge in [-0.2, -0.15) is 0 Å². The molecule has 0 N–H and O–H groups in total. The molecule has 2 aromatic carbocycles. The monoisotopic (exact) mass is 484 g/mol. The Morgan fingerprint density at radius 3 is 1.42 bits per heavy atom. The number of unbranched alkanes of at least 4 members (excludes halogenated alkanes) is 6. The molecule has 0 amide bonds. The normalized spacial score (nSPS) is 11.1. The molecule has 144 valence electrons. The fraction of sp³-hybridized carbons (Fsp3) is 0.545. The highest BCUT2D eigenvalue weighted by molar-refractivity contribution is 9.11. The van der Waals surface area contributed by atoms with E-state index >= 15 is 0 Å². The molecule has 0 radical (unpaired) electrons. The first kappa shape index (κ1) is 21.6. The van der Waals surface area contributed by atoms with Gasteiger partial charge in [-0.15, -0.1) is 0 Å². The van der Waals surface area contributed by atoms with Gasteiger partial charge in [-0.1, -0.05) is 52.4 Å². The summed E-state index contributed by atoms with van der Waals surface area (Å²) in [5, 5.41) is 2.20. The number of halogens is 2. The van der Waals surface area contributed by atoms with E-state index in [-0.39, 0.29) is 0 Å². The van der Waals surface area contributed by atoms with Gasteiger partial charge in [-0.3, -0.25) is 0 Å². The summed E-state index contributed by atoms with van der Waals surface area (Å²) in [5.74, 6) is 1.84. The molecule has 0 aromatic heterocycles. The summed E-state index contributed by atoms with van der Waals surface area (Å²) in [6, 6.07) is 8.32. The van der Waals surface area contributed by atoms with Gasteiger partial charge in [0.05, 0.1) is 22.2 Å². The SMILES string of the molecule is CCCCCCOc1c(Br)ccc2c(OCCCCCC)c(Br)ccc12. The zero-order valence-corrected chi connectivity index (χ0v) is 19.1. The Balaban J connectivity index is 2.14. The highest BCUT2D eigenvalue weighted by atomic mass is 79.9. The Labute approximate surface area is 174 Å². The van der Waals surface area contributed by atoms with Crippen LogP contribution in [-0.4, -0.2) is 13.2 Å². The predicted octanol–water partition coefficient (Wildman–Crippen LogP) is 8.28. The standard InChI is InChI=1S/C22H30Br2O2/c1-3-5-7-9-15-25-21-17-11-14-20(24)22(18(17)12-13-19(21)23)26-16-10-8-6-4-2/h11-14H,3-10,15-16H2,1-2H3. The van der Waals surface area contributed by atoms with E-state index in [4.69, 9.17) is 9.47 Å². The predicted molar refractivity (Wildman–Crippen MR) is 119 cm³/mol. The second-order valence-electron chi connectivity index (χ2n) is 6.67. The molecule has 2 rings (SSSR count). The third-order valence-electron chi connectivity index (χ3n) is 4.49. The van der Waals surface area contributed by atoms with Crippen LogP contribution in [0.4, 0.5) is 0 Å². The van der Waals surface area contributed by atoms with Gasteiger partial charge < -0.3 is 9.47 Å². The quantitative estimate of drug-likeness (QED) is 0.281. The minimum absolute atomic E-state index is 0.751. The largest absolute Gasteiger partial charge is 0.492 e. The molecule has 0 unspecified atom stereocenters. The Bertz CT molecular complexity index is 626. The smallest absolute Gasteiger partial charge is 0.141 e. The lowest BCUT2D eigenvalue weighted by molar-refractivity contribution is 0.303. The Morgan fingerprint density at radius 2 is 1.04 bits per heavy atom. The Hall–Kier alpha value is -0.740. The van der Waals surface area contributed by atoms with E-state index < -0.39 is 0 Å². The summed E-state index contributed by atoms with van der Waals surface area (Å²) in [4.78, 5) is 0. The van der Waals surface area contributed by atoms with E-state index in [9.17, 15) is 0 Å². The summed E-state index contributed by atoms with van der Waals surface area (Å²) in [7, 11) is 0. The molecule has 0 bridgehead atoms. The van der Waals surface area contributed by atoms with Crippen LogP contribution in [0.15, 0.2) is 33.2 Å². The van der Waals surface area contributed by atoms with Crippen LogP contribution in [0.2, 0.25) is 0 Å². The van der Waals surface area contributed by atoms with E-state index in [0.717, 1.165) is 57.3 Å². The first-order valence-corrected chi connectivity index (χ1v) is 11.4. The fourth-order valence-corrected chi connectivity index (χ4v) is 3.92. The van der Waals surface area contributed by atoms with Crippen LogP contribution in [-0.2, 0) is 0 Å². The molecule has 0 heterocycles. The van der Waals surface area contributed by atoms with Crippen LogP contribution in [0.1, 0.15) is 65.2 Å². The van der Waals surface area contributed by atoms with E-state index in [1.54, 1.807) is 0 Å². The maximum atomic E-state index is 6.13. The average molecular weight is 486 g/mol. The van der Waals surface area contributed by atoms with Crippen LogP contribution >= 0.6 is 31.9 Å². The molecule has 0 saturated carbocycles. The van der Waals surface area contributed by atoms with Crippen molar-refractivity contribution in [3.8, 4) is 11.5 Å². The van der Waals surface area contributed by atoms with E-state index in [0.29, 0.717) is 0 Å². The van der Waals surface area contributed by atoms with Crippen molar-refractivity contribution in [2.75, 3.05) is 13.2 Å². The van der Waals surface area contributed by atoms with Crippen molar-refractivity contribution in [2.24, 2.45) is 0 Å². The van der Waals surface area contributed by atoms with Crippen LogP contribution in [0.25, 0.3) is 10.8 Å². The maximum absolute atomic E-state index is 6.13. The fourth-order valence-electron chi connectivity index (χ4n) is 3.00. The maximum Gasteiger partial charge on any atom is 0.141 e. The second kappa shape index (κ2) is 11.9. The van der Waals surface area contributed by atoms with Crippen molar-refractivity contribution in [1.29, 1.82) is 0 Å². The van der Waals surface area contributed by atoms with Crippen LogP contribution < -0.4 is 9.47 Å². The first-order chi connectivity index (χ1) is 12.7. The number of rotatable bonds is 12. The lowest BCUT2D eigenvalue weighted by atomic mass is 10.1. The highest BCUT2D eigenvalue weighted by Gasteiger charge is 2.13. The van der Waals surface area contributed by atoms with Gasteiger partial charge >= 0.3 is 0 Å². The van der Waals surface area contributed by atoms with Crippen LogP contribution in [0.3, 0.4) is 0 Å². The molecule has 0 aliphatic heterocycles. The van der Waals surface area contributed by atoms with Gasteiger partial charge in [-0.05, 0) is 69.0 Å². The Morgan fingerprint density at radius 1 is 0.615 bits per heavy atom. The molecular weight excluding hydrogens is 456 g/mol. The number of benzene rings is 2. The molecule has 0 aliphatic rings. The zero-order valence-electron chi connectivity index (χ0n) is 16.0. The lowest BCUT2D eigenvalue weighted by Gasteiger charge is -2.15. The summed E-state index contributed by atoms with van der Waals surface area (Å²) in [6.07, 6.45) is 9.64. The summed E-state index contributed by atoms with van der Waals surface area (Å²) in [5.41, 5.74) is 0. The summed E-state index contributed by atoms with van der Waals surface area (Å²) >= 11 is 7.29. The molecule has 2 aromatic rings. The number of hydrogen-bond acceptors (Lipinski definition) is 2. The van der Waals surface area contributed by atoms with Gasteiger partial charge in [0.25, 0.3) is 0 Å². The summed E-state index contributed by atoms with van der Waals surface area (Å²) in [6.45, 7) is 5.95. The topological polar surface area (TPSA) is 18.5 Å². The zero-order chi connectivity index (χ0) is 18.8. The van der Waals surface area contributed by atoms with Crippen molar-refractivity contribution in [3.63, 3.8) is 0 Å². The molecule has 0 saturated heterocycles. The first-order valence-electron chi connectivity index (χ1n) is 9.85. The third kappa shape index (κ3) is 6.16. The molecule has 26 heavy (non-hydrogen) atoms. The molecular formula is C22H30Br2O2. The molecule has 2 nitrogen and oxygen atoms in total. The molecule has 0 aliphatic carbocycles. The van der Waals surface area contributed by atoms with E-state index in [1.807, 2.05) is 0 Å². The highest BCUT2D eigenvalue weighted by Crippen LogP contribution is 2.41. The van der Waals surface area contributed by atoms with Gasteiger partial charge in [-0.25, -0.2) is 0 Å². The van der Waals surface area contributed by atoms with Crippen molar-refractivity contribution in [2.45, 2.75) is 65.2 Å². The number of hydrogen-bond donors (Lipinski definition) is 0. The minimum Gasteiger partial charge on any atom is -0.492 e. The molecule has 0 fully saturated rings. The second-order valence-corrected chi connectivity index (χ2v) is 8.38. The lowest BCUT2D eigenvalue weighted by Crippen LogP contribution is -2.01. The minimum atomic E-state index is 0.751. The van der Waals surface area contributed by atoms with Crippen molar-refractivity contribution in [3.05, 3.63) is 33.2 Å². The van der Waals surface area contributed by atoms with Gasteiger partial charge in [0.1, 0.15) is 11.5 Å². The van der Waals surface area contributed by atoms with Crippen molar-refractivity contribution >= 4 is 42.6 Å². The number of fused-ring (bicyclic) bond motifs is 1. The van der Waals surface area contributed by atoms with Gasteiger partial charge in [0.15, 0.2) is 0 Å². The summed E-state index contributed by atoms with van der Waals surface area (Å²) < 4.78 is 14.3. The van der Waals surface area contributed by atoms with Gasteiger partial charge in [0.2, 0.25) is 0 Å². The van der Waals surface area contributed by atoms with E-state index in [2.05, 4.69) is 70.0 Å². The molecule has 0 spiro atoms. The molecule has 0 atom stereocenters. The average Bonchev–Trinajstić information content (AvgIpc) is 2.64. The molecule has 4 heteroatoms. The Kier molecular flexibility index (Phi) is 9.84. The van der Waals surface area contributed by atoms with Crippen molar-refractivity contribution < 1.29 is 9.47 Å². The van der Waals surface area contributed by atoms with Crippen molar-refractivity contribution in [1.82, 2.24) is 0 Å². The number of ether oxygens (including phenoxy) is 2.